The molecule has 3 heterocycles. The fourth-order valence-electron chi connectivity index (χ4n) is 1.82. The maximum absolute atomic E-state index is 4.52. The molecule has 0 spiro atoms. The van der Waals surface area contributed by atoms with Crippen molar-refractivity contribution in [1.29, 1.82) is 0 Å². The number of rotatable bonds is 1. The Kier molecular flexibility index (Phi) is 1.76. The highest BCUT2D eigenvalue weighted by molar-refractivity contribution is 5.80. The van der Waals surface area contributed by atoms with E-state index in [4.69, 9.17) is 0 Å². The van der Waals surface area contributed by atoms with Crippen LogP contribution in [0.1, 0.15) is 5.56 Å². The third-order valence-corrected chi connectivity index (χ3v) is 2.55. The third-order valence-electron chi connectivity index (χ3n) is 2.55. The second-order valence-corrected chi connectivity index (χ2v) is 3.69. The van der Waals surface area contributed by atoms with Crippen molar-refractivity contribution in [2.24, 2.45) is 7.05 Å². The van der Waals surface area contributed by atoms with Crippen molar-refractivity contribution in [2.45, 2.75) is 6.92 Å². The minimum atomic E-state index is 0.680. The Balaban J connectivity index is 2.27. The molecule has 0 aromatic carbocycles. The normalized spacial score (nSPS) is 11.1. The highest BCUT2D eigenvalue weighted by atomic mass is 15.6. The molecule has 6 nitrogen and oxygen atoms in total. The fourth-order valence-corrected chi connectivity index (χ4v) is 1.82. The van der Waals surface area contributed by atoms with Gasteiger partial charge in [0, 0.05) is 13.2 Å². The Morgan fingerprint density at radius 3 is 2.88 bits per heavy atom. The van der Waals surface area contributed by atoms with Crippen LogP contribution in [0.25, 0.3) is 16.9 Å². The molecular formula is C10H10N6. The molecule has 0 atom stereocenters. The van der Waals surface area contributed by atoms with E-state index in [1.807, 2.05) is 26.1 Å². The lowest BCUT2D eigenvalue weighted by atomic mass is 10.3. The summed E-state index contributed by atoms with van der Waals surface area (Å²) in [6, 6.07) is 3.89. The number of hydrogen-bond acceptors (Lipinski definition) is 4. The summed E-state index contributed by atoms with van der Waals surface area (Å²) in [5.74, 6) is 0.680. The fraction of sp³-hybridized carbons (Fsp3) is 0.200. The molecule has 6 heteroatoms. The maximum Gasteiger partial charge on any atom is 0.176 e. The number of tetrazole rings is 1. The summed E-state index contributed by atoms with van der Waals surface area (Å²) >= 11 is 0. The minimum Gasteiger partial charge on any atom is -0.349 e. The van der Waals surface area contributed by atoms with Gasteiger partial charge in [0.15, 0.2) is 12.1 Å². The predicted octanol–water partition coefficient (Wildman–Crippen LogP) is 0.857. The van der Waals surface area contributed by atoms with Crippen molar-refractivity contribution in [1.82, 2.24) is 29.8 Å². The van der Waals surface area contributed by atoms with Gasteiger partial charge in [0.2, 0.25) is 0 Å². The number of nitrogens with zero attached hydrogens (tertiary/aromatic N) is 6. The van der Waals surface area contributed by atoms with Gasteiger partial charge in [-0.2, -0.15) is 0 Å². The number of hydrogen-bond donors (Lipinski definition) is 0. The molecule has 0 amide bonds. The SMILES string of the molecule is Cc1cn(C)c2ccc(-n3ncnn3)nc12. The van der Waals surface area contributed by atoms with Gasteiger partial charge in [-0.3, -0.25) is 0 Å². The molecule has 3 aromatic rings. The first kappa shape index (κ1) is 9.02. The maximum atomic E-state index is 4.52. The number of fused-ring (bicyclic) bond motifs is 1. The van der Waals surface area contributed by atoms with Crippen molar-refractivity contribution < 1.29 is 0 Å². The smallest absolute Gasteiger partial charge is 0.176 e. The van der Waals surface area contributed by atoms with Gasteiger partial charge in [-0.05, 0) is 29.8 Å². The molecule has 0 radical (unpaired) electrons. The van der Waals surface area contributed by atoms with Gasteiger partial charge in [0.25, 0.3) is 0 Å². The highest BCUT2D eigenvalue weighted by Crippen LogP contribution is 2.18. The van der Waals surface area contributed by atoms with E-state index in [2.05, 4.69) is 31.2 Å². The van der Waals surface area contributed by atoms with E-state index >= 15 is 0 Å². The van der Waals surface area contributed by atoms with Gasteiger partial charge in [-0.1, -0.05) is 0 Å². The van der Waals surface area contributed by atoms with E-state index in [0.29, 0.717) is 5.82 Å². The standard InChI is InChI=1S/C10H10N6/c1-7-5-15(2)8-3-4-9(13-10(7)8)16-12-6-11-14-16/h3-6H,1-2H3. The van der Waals surface area contributed by atoms with Crippen LogP contribution in [0.2, 0.25) is 0 Å². The molecule has 3 rings (SSSR count). The lowest BCUT2D eigenvalue weighted by molar-refractivity contribution is 0.703. The van der Waals surface area contributed by atoms with Gasteiger partial charge in [0.05, 0.1) is 11.0 Å². The molecule has 3 aromatic heterocycles. The Hall–Kier alpha value is -2.24. The van der Waals surface area contributed by atoms with Gasteiger partial charge in [-0.25, -0.2) is 4.98 Å². The lowest BCUT2D eigenvalue weighted by Gasteiger charge is -1.99. The zero-order chi connectivity index (χ0) is 11.1. The van der Waals surface area contributed by atoms with Crippen LogP contribution in [0.4, 0.5) is 0 Å². The van der Waals surface area contributed by atoms with E-state index in [9.17, 15) is 0 Å². The van der Waals surface area contributed by atoms with Crippen LogP contribution in [0.15, 0.2) is 24.7 Å². The summed E-state index contributed by atoms with van der Waals surface area (Å²) < 4.78 is 2.05. The molecule has 0 N–H and O–H groups in total. The lowest BCUT2D eigenvalue weighted by Crippen LogP contribution is -2.01. The van der Waals surface area contributed by atoms with Crippen LogP contribution in [0.3, 0.4) is 0 Å². The number of pyridine rings is 1. The van der Waals surface area contributed by atoms with E-state index in [1.165, 1.54) is 11.1 Å². The minimum absolute atomic E-state index is 0.680. The Morgan fingerprint density at radius 1 is 1.25 bits per heavy atom. The molecule has 0 aliphatic rings. The summed E-state index contributed by atoms with van der Waals surface area (Å²) in [5, 5.41) is 11.4. The largest absolute Gasteiger partial charge is 0.349 e. The Labute approximate surface area is 91.5 Å². The molecule has 0 fully saturated rings. The van der Waals surface area contributed by atoms with Gasteiger partial charge in [-0.15, -0.1) is 15.0 Å². The molecule has 0 aliphatic carbocycles. The molecule has 16 heavy (non-hydrogen) atoms. The van der Waals surface area contributed by atoms with Gasteiger partial charge < -0.3 is 4.57 Å². The van der Waals surface area contributed by atoms with Crippen molar-refractivity contribution in [3.05, 3.63) is 30.2 Å². The van der Waals surface area contributed by atoms with Crippen molar-refractivity contribution in [3.63, 3.8) is 0 Å². The van der Waals surface area contributed by atoms with Crippen LogP contribution < -0.4 is 0 Å². The van der Waals surface area contributed by atoms with E-state index in [0.717, 1.165) is 16.6 Å². The van der Waals surface area contributed by atoms with Gasteiger partial charge >= 0.3 is 0 Å². The van der Waals surface area contributed by atoms with Crippen molar-refractivity contribution >= 4 is 11.0 Å². The zero-order valence-electron chi connectivity index (χ0n) is 8.99. The number of aromatic nitrogens is 6. The number of aryl methyl sites for hydroxylation is 2. The van der Waals surface area contributed by atoms with Crippen LogP contribution in [-0.2, 0) is 7.05 Å². The summed E-state index contributed by atoms with van der Waals surface area (Å²) in [6.45, 7) is 2.04. The predicted molar refractivity (Wildman–Crippen MR) is 58.2 cm³/mol. The Bertz CT molecular complexity index is 637. The first-order valence-electron chi connectivity index (χ1n) is 4.92. The topological polar surface area (TPSA) is 61.4 Å². The van der Waals surface area contributed by atoms with Gasteiger partial charge in [0.1, 0.15) is 0 Å². The quantitative estimate of drug-likeness (QED) is 0.602. The first-order chi connectivity index (χ1) is 7.75. The second-order valence-electron chi connectivity index (χ2n) is 3.69. The molecular weight excluding hydrogens is 204 g/mol. The highest BCUT2D eigenvalue weighted by Gasteiger charge is 2.07. The summed E-state index contributed by atoms with van der Waals surface area (Å²) in [6.07, 6.45) is 3.44. The first-order valence-corrected chi connectivity index (χ1v) is 4.92. The summed E-state index contributed by atoms with van der Waals surface area (Å²) in [7, 11) is 2.00. The summed E-state index contributed by atoms with van der Waals surface area (Å²) in [5.41, 5.74) is 3.21. The van der Waals surface area contributed by atoms with Crippen LogP contribution in [0.5, 0.6) is 0 Å². The summed E-state index contributed by atoms with van der Waals surface area (Å²) in [4.78, 5) is 5.92. The van der Waals surface area contributed by atoms with E-state index in [-0.39, 0.29) is 0 Å². The second kappa shape index (κ2) is 3.13. The Morgan fingerprint density at radius 2 is 2.12 bits per heavy atom. The van der Waals surface area contributed by atoms with E-state index < -0.39 is 0 Å². The molecule has 0 saturated carbocycles. The molecule has 0 unspecified atom stereocenters. The van der Waals surface area contributed by atoms with Crippen LogP contribution in [-0.4, -0.2) is 29.8 Å². The monoisotopic (exact) mass is 214 g/mol. The molecule has 80 valence electrons. The van der Waals surface area contributed by atoms with Crippen molar-refractivity contribution in [2.75, 3.05) is 0 Å². The van der Waals surface area contributed by atoms with Crippen LogP contribution >= 0.6 is 0 Å². The van der Waals surface area contributed by atoms with Crippen molar-refractivity contribution in [3.8, 4) is 5.82 Å². The van der Waals surface area contributed by atoms with Crippen LogP contribution in [0, 0.1) is 6.92 Å². The zero-order valence-corrected chi connectivity index (χ0v) is 8.99. The van der Waals surface area contributed by atoms with E-state index in [1.54, 1.807) is 0 Å². The average Bonchev–Trinajstić information content (AvgIpc) is 2.88. The molecule has 0 saturated heterocycles. The average molecular weight is 214 g/mol. The molecule has 0 aliphatic heterocycles. The molecule has 0 bridgehead atoms. The third kappa shape index (κ3) is 1.19.